The smallest absolute Gasteiger partial charge is 0.151 e. The Balaban J connectivity index is 1.55. The summed E-state index contributed by atoms with van der Waals surface area (Å²) in [4.78, 5) is 0. The first kappa shape index (κ1) is 13.6. The maximum atomic E-state index is 5.37. The minimum absolute atomic E-state index is 0.301. The molecular formula is C16H18N4O. The molecule has 0 saturated carbocycles. The highest BCUT2D eigenvalue weighted by atomic mass is 16.5. The summed E-state index contributed by atoms with van der Waals surface area (Å²) in [6, 6.07) is 14.2. The molecule has 1 aromatic carbocycles. The third-order valence-corrected chi connectivity index (χ3v) is 3.27. The summed E-state index contributed by atoms with van der Waals surface area (Å²) in [5.41, 5.74) is 1.93. The number of nitrogens with one attached hydrogen (secondary N) is 1. The highest BCUT2D eigenvalue weighted by molar-refractivity contribution is 5.58. The monoisotopic (exact) mass is 282 g/mol. The normalized spacial score (nSPS) is 12.4. The highest BCUT2D eigenvalue weighted by Gasteiger charge is 2.08. The first-order valence-electron chi connectivity index (χ1n) is 7.03. The van der Waals surface area contributed by atoms with Crippen molar-refractivity contribution in [2.75, 3.05) is 0 Å². The predicted molar refractivity (Wildman–Crippen MR) is 80.5 cm³/mol. The molecule has 0 aliphatic heterocycles. The zero-order valence-electron chi connectivity index (χ0n) is 11.9. The average Bonchev–Trinajstić information content (AvgIpc) is 3.17. The van der Waals surface area contributed by atoms with Gasteiger partial charge in [-0.15, -0.1) is 0 Å². The Hall–Kier alpha value is -2.40. The quantitative estimate of drug-likeness (QED) is 0.755. The number of benzene rings is 1. The number of hydrogen-bond acceptors (Lipinski definition) is 4. The fraction of sp³-hybridized carbons (Fsp3) is 0.250. The molecule has 2 aromatic heterocycles. The van der Waals surface area contributed by atoms with Gasteiger partial charge in [-0.2, -0.15) is 5.10 Å². The van der Waals surface area contributed by atoms with Crippen LogP contribution in [-0.4, -0.2) is 21.0 Å². The van der Waals surface area contributed by atoms with Crippen LogP contribution in [0.4, 0.5) is 0 Å². The zero-order chi connectivity index (χ0) is 14.5. The molecule has 1 N–H and O–H groups in total. The van der Waals surface area contributed by atoms with Crippen molar-refractivity contribution in [3.05, 3.63) is 60.6 Å². The van der Waals surface area contributed by atoms with Crippen LogP contribution in [0.2, 0.25) is 0 Å². The van der Waals surface area contributed by atoms with Crippen LogP contribution >= 0.6 is 0 Å². The van der Waals surface area contributed by atoms with E-state index >= 15 is 0 Å². The Bertz CT molecular complexity index is 661. The summed E-state index contributed by atoms with van der Waals surface area (Å²) in [7, 11) is 0. The topological polar surface area (TPSA) is 55.9 Å². The molecule has 0 bridgehead atoms. The van der Waals surface area contributed by atoms with Gasteiger partial charge in [-0.05, 0) is 13.0 Å². The van der Waals surface area contributed by atoms with Gasteiger partial charge in [0.15, 0.2) is 5.76 Å². The molecule has 3 rings (SSSR count). The van der Waals surface area contributed by atoms with Gasteiger partial charge in [0.1, 0.15) is 5.69 Å². The van der Waals surface area contributed by atoms with E-state index in [1.807, 2.05) is 53.3 Å². The molecule has 5 nitrogen and oxygen atoms in total. The van der Waals surface area contributed by atoms with Crippen LogP contribution in [0.25, 0.3) is 11.3 Å². The molecule has 1 unspecified atom stereocenters. The maximum Gasteiger partial charge on any atom is 0.151 e. The summed E-state index contributed by atoms with van der Waals surface area (Å²) < 4.78 is 7.28. The number of nitrogens with zero attached hydrogens (tertiary/aromatic N) is 3. The lowest BCUT2D eigenvalue weighted by atomic mass is 10.1. The third kappa shape index (κ3) is 3.58. The Morgan fingerprint density at radius 2 is 2.10 bits per heavy atom. The molecule has 0 amide bonds. The number of hydrogen-bond donors (Lipinski definition) is 1. The van der Waals surface area contributed by atoms with Crippen molar-refractivity contribution in [2.45, 2.75) is 26.1 Å². The van der Waals surface area contributed by atoms with E-state index in [9.17, 15) is 0 Å². The van der Waals surface area contributed by atoms with Gasteiger partial charge in [-0.3, -0.25) is 4.68 Å². The minimum atomic E-state index is 0.301. The summed E-state index contributed by atoms with van der Waals surface area (Å²) in [6.45, 7) is 3.60. The van der Waals surface area contributed by atoms with E-state index in [0.29, 0.717) is 12.6 Å². The fourth-order valence-corrected chi connectivity index (χ4v) is 2.17. The minimum Gasteiger partial charge on any atom is -0.359 e. The Kier molecular flexibility index (Phi) is 4.12. The Morgan fingerprint density at radius 1 is 1.24 bits per heavy atom. The van der Waals surface area contributed by atoms with E-state index < -0.39 is 0 Å². The van der Waals surface area contributed by atoms with E-state index in [0.717, 1.165) is 23.6 Å². The molecule has 0 fully saturated rings. The maximum absolute atomic E-state index is 5.37. The van der Waals surface area contributed by atoms with Gasteiger partial charge in [-0.1, -0.05) is 35.5 Å². The molecule has 0 radical (unpaired) electrons. The average molecular weight is 282 g/mol. The van der Waals surface area contributed by atoms with Crippen LogP contribution in [0.15, 0.2) is 59.4 Å². The number of aromatic nitrogens is 3. The summed E-state index contributed by atoms with van der Waals surface area (Å²) >= 11 is 0. The van der Waals surface area contributed by atoms with E-state index in [4.69, 9.17) is 4.52 Å². The van der Waals surface area contributed by atoms with Crippen LogP contribution in [0, 0.1) is 0 Å². The second-order valence-electron chi connectivity index (χ2n) is 5.05. The van der Waals surface area contributed by atoms with Gasteiger partial charge in [-0.25, -0.2) is 0 Å². The molecule has 0 aliphatic rings. The first-order chi connectivity index (χ1) is 10.3. The van der Waals surface area contributed by atoms with E-state index in [1.165, 1.54) is 0 Å². The summed E-state index contributed by atoms with van der Waals surface area (Å²) in [6.07, 6.45) is 3.75. The van der Waals surface area contributed by atoms with Gasteiger partial charge >= 0.3 is 0 Å². The van der Waals surface area contributed by atoms with Crippen LogP contribution < -0.4 is 5.32 Å². The van der Waals surface area contributed by atoms with E-state index in [2.05, 4.69) is 22.5 Å². The van der Waals surface area contributed by atoms with E-state index in [-0.39, 0.29) is 0 Å². The highest BCUT2D eigenvalue weighted by Crippen LogP contribution is 2.18. The second-order valence-corrected chi connectivity index (χ2v) is 5.05. The van der Waals surface area contributed by atoms with Gasteiger partial charge in [0, 0.05) is 30.1 Å². The molecule has 0 saturated heterocycles. The predicted octanol–water partition coefficient (Wildman–Crippen LogP) is 2.72. The lowest BCUT2D eigenvalue weighted by molar-refractivity contribution is 0.357. The van der Waals surface area contributed by atoms with Crippen molar-refractivity contribution >= 4 is 0 Å². The largest absolute Gasteiger partial charge is 0.359 e. The third-order valence-electron chi connectivity index (χ3n) is 3.27. The first-order valence-corrected chi connectivity index (χ1v) is 7.03. The van der Waals surface area contributed by atoms with Crippen LogP contribution in [-0.2, 0) is 13.1 Å². The fourth-order valence-electron chi connectivity index (χ4n) is 2.17. The van der Waals surface area contributed by atoms with Crippen molar-refractivity contribution in [1.82, 2.24) is 20.3 Å². The Morgan fingerprint density at radius 3 is 2.86 bits per heavy atom. The molecule has 108 valence electrons. The van der Waals surface area contributed by atoms with Gasteiger partial charge in [0.25, 0.3) is 0 Å². The molecule has 5 heteroatoms. The van der Waals surface area contributed by atoms with Crippen molar-refractivity contribution in [3.63, 3.8) is 0 Å². The molecular weight excluding hydrogens is 264 g/mol. The standard InChI is InChI=1S/C16H18N4O/c1-13(12-20-9-5-8-18-20)17-11-15-10-16(19-21-15)14-6-3-2-4-7-14/h2-10,13,17H,11-12H2,1H3. The molecule has 2 heterocycles. The van der Waals surface area contributed by atoms with Crippen LogP contribution in [0.5, 0.6) is 0 Å². The molecule has 0 aliphatic carbocycles. The molecule has 0 spiro atoms. The van der Waals surface area contributed by atoms with Crippen molar-refractivity contribution < 1.29 is 4.52 Å². The van der Waals surface area contributed by atoms with Crippen LogP contribution in [0.1, 0.15) is 12.7 Å². The van der Waals surface area contributed by atoms with Crippen LogP contribution in [0.3, 0.4) is 0 Å². The van der Waals surface area contributed by atoms with Gasteiger partial charge in [0.2, 0.25) is 0 Å². The molecule has 3 aromatic rings. The van der Waals surface area contributed by atoms with Crippen molar-refractivity contribution in [2.24, 2.45) is 0 Å². The molecule has 21 heavy (non-hydrogen) atoms. The molecule has 1 atom stereocenters. The SMILES string of the molecule is CC(Cn1cccn1)NCc1cc(-c2ccccc2)no1. The van der Waals surface area contributed by atoms with E-state index in [1.54, 1.807) is 6.20 Å². The lowest BCUT2D eigenvalue weighted by Crippen LogP contribution is -2.29. The second kappa shape index (κ2) is 6.37. The van der Waals surface area contributed by atoms with Crippen molar-refractivity contribution in [1.29, 1.82) is 0 Å². The summed E-state index contributed by atoms with van der Waals surface area (Å²) in [5.74, 6) is 0.834. The van der Waals surface area contributed by atoms with Gasteiger partial charge in [0.05, 0.1) is 13.1 Å². The van der Waals surface area contributed by atoms with Gasteiger partial charge < -0.3 is 9.84 Å². The summed E-state index contributed by atoms with van der Waals surface area (Å²) in [5, 5.41) is 11.7. The Labute approximate surface area is 123 Å². The lowest BCUT2D eigenvalue weighted by Gasteiger charge is -2.12. The van der Waals surface area contributed by atoms with Crippen molar-refractivity contribution in [3.8, 4) is 11.3 Å². The zero-order valence-corrected chi connectivity index (χ0v) is 11.9. The number of rotatable bonds is 6.